The molecule has 4 aromatic carbocycles. The lowest BCUT2D eigenvalue weighted by atomic mass is 10.0. The number of benzene rings is 4. The van der Waals surface area contributed by atoms with E-state index in [1.165, 1.54) is 0 Å². The van der Waals surface area contributed by atoms with Crippen LogP contribution in [-0.2, 0) is 0 Å². The zero-order valence-corrected chi connectivity index (χ0v) is 18.2. The van der Waals surface area contributed by atoms with Crippen molar-refractivity contribution in [1.82, 2.24) is 20.2 Å². The van der Waals surface area contributed by atoms with E-state index in [4.69, 9.17) is 5.73 Å². The van der Waals surface area contributed by atoms with Gasteiger partial charge in [0, 0.05) is 33.6 Å². The van der Waals surface area contributed by atoms with Gasteiger partial charge in [-0.3, -0.25) is 0 Å². The minimum atomic E-state index is 0.281. The fourth-order valence-corrected chi connectivity index (χ4v) is 4.12. The highest BCUT2D eigenvalue weighted by atomic mass is 15.2. The van der Waals surface area contributed by atoms with E-state index in [0.717, 1.165) is 55.6 Å². The van der Waals surface area contributed by atoms with Crippen LogP contribution >= 0.6 is 0 Å². The summed E-state index contributed by atoms with van der Waals surface area (Å²) in [6.07, 6.45) is 1.75. The zero-order valence-electron chi connectivity index (χ0n) is 18.2. The Kier molecular flexibility index (Phi) is 4.81. The number of hydrogen-bond acceptors (Lipinski definition) is 6. The Morgan fingerprint density at radius 3 is 2.21 bits per heavy atom. The van der Waals surface area contributed by atoms with E-state index in [2.05, 4.69) is 67.9 Å². The van der Waals surface area contributed by atoms with Crippen molar-refractivity contribution in [1.29, 1.82) is 0 Å². The van der Waals surface area contributed by atoms with Gasteiger partial charge < -0.3 is 11.1 Å². The van der Waals surface area contributed by atoms with Crippen molar-refractivity contribution in [2.24, 2.45) is 0 Å². The third-order valence-electron chi connectivity index (χ3n) is 5.81. The van der Waals surface area contributed by atoms with E-state index in [1.54, 1.807) is 6.20 Å². The zero-order chi connectivity index (χ0) is 22.9. The molecule has 0 aliphatic carbocycles. The number of nitrogens with one attached hydrogen (secondary N) is 1. The van der Waals surface area contributed by atoms with Crippen LogP contribution in [0.3, 0.4) is 0 Å². The van der Waals surface area contributed by atoms with Crippen LogP contribution in [0, 0.1) is 0 Å². The molecule has 0 amide bonds. The Morgan fingerprint density at radius 2 is 1.38 bits per heavy atom. The summed E-state index contributed by atoms with van der Waals surface area (Å²) in [6.45, 7) is 0. The molecule has 0 spiro atoms. The minimum absolute atomic E-state index is 0.281. The second-order valence-electron chi connectivity index (χ2n) is 8.01. The molecule has 0 fully saturated rings. The van der Waals surface area contributed by atoms with Gasteiger partial charge >= 0.3 is 0 Å². The molecule has 0 radical (unpaired) electrons. The maximum absolute atomic E-state index is 5.69. The van der Waals surface area contributed by atoms with E-state index in [0.29, 0.717) is 0 Å². The summed E-state index contributed by atoms with van der Waals surface area (Å²) in [6, 6.07) is 32.6. The van der Waals surface area contributed by atoms with Crippen LogP contribution in [-0.4, -0.2) is 20.2 Å². The predicted molar refractivity (Wildman–Crippen MR) is 138 cm³/mol. The van der Waals surface area contributed by atoms with E-state index in [-0.39, 0.29) is 5.95 Å². The summed E-state index contributed by atoms with van der Waals surface area (Å²) in [5.74, 6) is 1.01. The summed E-state index contributed by atoms with van der Waals surface area (Å²) in [4.78, 5) is 8.36. The second kappa shape index (κ2) is 8.26. The van der Waals surface area contributed by atoms with Crippen molar-refractivity contribution in [3.05, 3.63) is 103 Å². The standard InChI is InChI=1S/C28H20N6/c29-28-30-17-21-16-20(12-15-25(21)32-28)18-10-13-22(14-11-18)31-27-24-9-5-4-8-23(24)26(33-34-27)19-6-2-1-3-7-19/h1-17H,(H,31,34)(H2,29,30,32). The highest BCUT2D eigenvalue weighted by molar-refractivity contribution is 6.00. The Labute approximate surface area is 196 Å². The molecule has 0 aliphatic heterocycles. The summed E-state index contributed by atoms with van der Waals surface area (Å²) < 4.78 is 0. The molecule has 6 heteroatoms. The lowest BCUT2D eigenvalue weighted by Crippen LogP contribution is -1.99. The number of rotatable bonds is 4. The predicted octanol–water partition coefficient (Wildman–Crippen LogP) is 6.23. The minimum Gasteiger partial charge on any atom is -0.368 e. The number of nitrogen functional groups attached to an aromatic ring is 1. The lowest BCUT2D eigenvalue weighted by molar-refractivity contribution is 1.06. The third kappa shape index (κ3) is 3.67. The fourth-order valence-electron chi connectivity index (χ4n) is 4.12. The monoisotopic (exact) mass is 440 g/mol. The molecule has 2 aromatic heterocycles. The number of nitrogens with two attached hydrogens (primary N) is 1. The van der Waals surface area contributed by atoms with Crippen LogP contribution < -0.4 is 11.1 Å². The van der Waals surface area contributed by atoms with Crippen LogP contribution in [0.2, 0.25) is 0 Å². The molecule has 3 N–H and O–H groups in total. The topological polar surface area (TPSA) is 89.6 Å². The second-order valence-corrected chi connectivity index (χ2v) is 8.01. The van der Waals surface area contributed by atoms with Crippen LogP contribution in [0.4, 0.5) is 17.5 Å². The van der Waals surface area contributed by atoms with Crippen molar-refractivity contribution in [2.75, 3.05) is 11.1 Å². The molecule has 34 heavy (non-hydrogen) atoms. The average molecular weight is 441 g/mol. The normalized spacial score (nSPS) is 11.1. The molecule has 0 atom stereocenters. The first-order valence-corrected chi connectivity index (χ1v) is 11.0. The van der Waals surface area contributed by atoms with Gasteiger partial charge in [-0.05, 0) is 35.4 Å². The molecule has 2 heterocycles. The van der Waals surface area contributed by atoms with Crippen LogP contribution in [0.25, 0.3) is 44.1 Å². The van der Waals surface area contributed by atoms with Crippen LogP contribution in [0.1, 0.15) is 0 Å². The molecule has 0 unspecified atom stereocenters. The van der Waals surface area contributed by atoms with Crippen molar-refractivity contribution in [3.63, 3.8) is 0 Å². The van der Waals surface area contributed by atoms with E-state index in [1.807, 2.05) is 54.6 Å². The highest BCUT2D eigenvalue weighted by Gasteiger charge is 2.11. The van der Waals surface area contributed by atoms with Gasteiger partial charge in [-0.15, -0.1) is 10.2 Å². The number of anilines is 3. The first-order valence-electron chi connectivity index (χ1n) is 11.0. The largest absolute Gasteiger partial charge is 0.368 e. The Balaban J connectivity index is 1.31. The average Bonchev–Trinajstić information content (AvgIpc) is 2.89. The summed E-state index contributed by atoms with van der Waals surface area (Å²) >= 11 is 0. The van der Waals surface area contributed by atoms with Gasteiger partial charge in [0.1, 0.15) is 5.69 Å². The van der Waals surface area contributed by atoms with Crippen molar-refractivity contribution in [3.8, 4) is 22.4 Å². The van der Waals surface area contributed by atoms with Crippen molar-refractivity contribution >= 4 is 39.1 Å². The number of nitrogens with zero attached hydrogens (tertiary/aromatic N) is 4. The molecule has 6 nitrogen and oxygen atoms in total. The molecule has 0 bridgehead atoms. The molecule has 6 aromatic rings. The molecule has 0 saturated heterocycles. The lowest BCUT2D eigenvalue weighted by Gasteiger charge is -2.12. The number of fused-ring (bicyclic) bond motifs is 2. The number of aromatic nitrogens is 4. The van der Waals surface area contributed by atoms with E-state index < -0.39 is 0 Å². The molecule has 0 saturated carbocycles. The molecule has 0 aliphatic rings. The quantitative estimate of drug-likeness (QED) is 0.338. The molecule has 6 rings (SSSR count). The Bertz CT molecular complexity index is 1630. The fraction of sp³-hybridized carbons (Fsp3) is 0. The van der Waals surface area contributed by atoms with Gasteiger partial charge in [0.15, 0.2) is 5.82 Å². The van der Waals surface area contributed by atoms with E-state index >= 15 is 0 Å². The maximum atomic E-state index is 5.69. The molecular formula is C28H20N6. The maximum Gasteiger partial charge on any atom is 0.220 e. The van der Waals surface area contributed by atoms with Gasteiger partial charge in [-0.1, -0.05) is 72.8 Å². The van der Waals surface area contributed by atoms with Gasteiger partial charge in [-0.2, -0.15) is 0 Å². The van der Waals surface area contributed by atoms with E-state index in [9.17, 15) is 0 Å². The first-order chi connectivity index (χ1) is 16.7. The van der Waals surface area contributed by atoms with Crippen molar-refractivity contribution in [2.45, 2.75) is 0 Å². The van der Waals surface area contributed by atoms with Crippen molar-refractivity contribution < 1.29 is 0 Å². The van der Waals surface area contributed by atoms with Crippen LogP contribution in [0.15, 0.2) is 103 Å². The summed E-state index contributed by atoms with van der Waals surface area (Å²) in [5.41, 5.74) is 11.6. The number of hydrogen-bond donors (Lipinski definition) is 2. The Hall–Kier alpha value is -4.84. The summed E-state index contributed by atoms with van der Waals surface area (Å²) in [5, 5.41) is 15.5. The Morgan fingerprint density at radius 1 is 0.647 bits per heavy atom. The highest BCUT2D eigenvalue weighted by Crippen LogP contribution is 2.31. The smallest absolute Gasteiger partial charge is 0.220 e. The van der Waals surface area contributed by atoms with Gasteiger partial charge in [0.25, 0.3) is 0 Å². The van der Waals surface area contributed by atoms with Crippen LogP contribution in [0.5, 0.6) is 0 Å². The first kappa shape index (κ1) is 19.8. The molecular weight excluding hydrogens is 420 g/mol. The SMILES string of the molecule is Nc1ncc2cc(-c3ccc(Nc4nnc(-c5ccccc5)c5ccccc45)cc3)ccc2n1. The third-order valence-corrected chi connectivity index (χ3v) is 5.81. The molecule has 162 valence electrons. The van der Waals surface area contributed by atoms with Gasteiger partial charge in [0.05, 0.1) is 5.52 Å². The van der Waals surface area contributed by atoms with Gasteiger partial charge in [-0.25, -0.2) is 9.97 Å². The summed E-state index contributed by atoms with van der Waals surface area (Å²) in [7, 11) is 0. The van der Waals surface area contributed by atoms with Gasteiger partial charge in [0.2, 0.25) is 5.95 Å².